The van der Waals surface area contributed by atoms with Crippen molar-refractivity contribution in [3.05, 3.63) is 64.7 Å². The molecule has 1 atom stereocenters. The molecule has 2 amide bonds. The van der Waals surface area contributed by atoms with Gasteiger partial charge in [0.15, 0.2) is 5.60 Å². The largest absolute Gasteiger partial charge is 0.491 e. The monoisotopic (exact) mass is 462 g/mol. The molecule has 0 bridgehead atoms. The Morgan fingerprint density at radius 2 is 1.74 bits per heavy atom. The number of amides is 2. The normalized spacial score (nSPS) is 23.5. The summed E-state index contributed by atoms with van der Waals surface area (Å²) in [5.41, 5.74) is 3.56. The lowest BCUT2D eigenvalue weighted by Gasteiger charge is -2.43. The molecule has 1 saturated heterocycles. The first-order valence-corrected chi connectivity index (χ1v) is 12.6. The van der Waals surface area contributed by atoms with Crippen LogP contribution >= 0.6 is 0 Å². The van der Waals surface area contributed by atoms with Crippen LogP contribution in [0.15, 0.2) is 42.5 Å². The molecule has 6 heteroatoms. The highest BCUT2D eigenvalue weighted by Gasteiger charge is 2.46. The molecular weight excluding hydrogens is 428 g/mol. The summed E-state index contributed by atoms with van der Waals surface area (Å²) < 4.78 is 12.2. The Kier molecular flexibility index (Phi) is 6.59. The summed E-state index contributed by atoms with van der Waals surface area (Å²) in [4.78, 5) is 30.6. The highest BCUT2D eigenvalue weighted by atomic mass is 16.5. The number of carbonyl (C=O) groups is 2. The van der Waals surface area contributed by atoms with Crippen LogP contribution in [0, 0.1) is 0 Å². The third-order valence-electron chi connectivity index (χ3n) is 7.49. The first kappa shape index (κ1) is 22.9. The highest BCUT2D eigenvalue weighted by molar-refractivity contribution is 5.95. The van der Waals surface area contributed by atoms with E-state index in [0.717, 1.165) is 49.8 Å². The van der Waals surface area contributed by atoms with Gasteiger partial charge in [0, 0.05) is 19.2 Å². The highest BCUT2D eigenvalue weighted by Crippen LogP contribution is 2.30. The number of benzene rings is 2. The fraction of sp³-hybridized carbons (Fsp3) is 0.500. The van der Waals surface area contributed by atoms with Crippen LogP contribution in [0.4, 0.5) is 0 Å². The van der Waals surface area contributed by atoms with E-state index in [0.29, 0.717) is 39.3 Å². The van der Waals surface area contributed by atoms with Crippen molar-refractivity contribution in [3.63, 3.8) is 0 Å². The van der Waals surface area contributed by atoms with Gasteiger partial charge in [0.1, 0.15) is 12.4 Å². The van der Waals surface area contributed by atoms with Gasteiger partial charge in [0.2, 0.25) is 0 Å². The van der Waals surface area contributed by atoms with E-state index in [4.69, 9.17) is 9.47 Å². The van der Waals surface area contributed by atoms with Crippen LogP contribution in [0.1, 0.15) is 52.7 Å². The summed E-state index contributed by atoms with van der Waals surface area (Å²) in [7, 11) is 1.80. The molecule has 1 unspecified atom stereocenters. The van der Waals surface area contributed by atoms with Gasteiger partial charge in [-0.1, -0.05) is 24.3 Å². The lowest BCUT2D eigenvalue weighted by Crippen LogP contribution is -2.61. The van der Waals surface area contributed by atoms with E-state index in [1.54, 1.807) is 11.9 Å². The summed E-state index contributed by atoms with van der Waals surface area (Å²) in [5, 5.41) is 0. The molecule has 1 aliphatic carbocycles. The van der Waals surface area contributed by atoms with E-state index in [1.165, 1.54) is 16.7 Å². The number of likely N-dealkylation sites (N-methyl/N-ethyl adjacent to an activating group) is 1. The van der Waals surface area contributed by atoms with E-state index < -0.39 is 5.60 Å². The van der Waals surface area contributed by atoms with E-state index in [-0.39, 0.29) is 11.8 Å². The van der Waals surface area contributed by atoms with Crippen LogP contribution in [0.2, 0.25) is 0 Å². The van der Waals surface area contributed by atoms with Crippen LogP contribution < -0.4 is 4.74 Å². The molecule has 2 aliphatic heterocycles. The van der Waals surface area contributed by atoms with Crippen LogP contribution in [0.25, 0.3) is 0 Å². The number of para-hydroxylation sites is 1. The minimum atomic E-state index is -1.00. The van der Waals surface area contributed by atoms with Crippen molar-refractivity contribution in [3.8, 4) is 5.75 Å². The number of ether oxygens (including phenoxy) is 2. The number of nitrogens with zero attached hydrogens (tertiary/aromatic N) is 2. The number of fused-ring (bicyclic) bond motifs is 2. The number of aryl methyl sites for hydroxylation is 3. The second kappa shape index (κ2) is 9.79. The van der Waals surface area contributed by atoms with Crippen LogP contribution in [0.5, 0.6) is 5.75 Å². The topological polar surface area (TPSA) is 59.1 Å². The molecule has 3 aliphatic rings. The van der Waals surface area contributed by atoms with Crippen molar-refractivity contribution in [1.29, 1.82) is 0 Å². The second-order valence-electron chi connectivity index (χ2n) is 9.80. The SMILES string of the molecule is CN1CCOc2ccccc2CCCCC2(CN(C(=O)c3ccc4c(c3)CCC4)CCO2)C1=O. The van der Waals surface area contributed by atoms with Crippen molar-refractivity contribution in [2.75, 3.05) is 39.9 Å². The smallest absolute Gasteiger partial charge is 0.256 e. The van der Waals surface area contributed by atoms with E-state index in [1.807, 2.05) is 29.2 Å². The number of morpholine rings is 1. The summed E-state index contributed by atoms with van der Waals surface area (Å²) in [6.45, 7) is 2.06. The Hall–Kier alpha value is -2.86. The van der Waals surface area contributed by atoms with Gasteiger partial charge in [-0.2, -0.15) is 0 Å². The van der Waals surface area contributed by atoms with Crippen molar-refractivity contribution in [1.82, 2.24) is 9.80 Å². The summed E-state index contributed by atoms with van der Waals surface area (Å²) in [5.74, 6) is 0.839. The van der Waals surface area contributed by atoms with Crippen molar-refractivity contribution in [2.45, 2.75) is 50.5 Å². The lowest BCUT2D eigenvalue weighted by molar-refractivity contribution is -0.169. The van der Waals surface area contributed by atoms with Gasteiger partial charge in [-0.05, 0) is 79.8 Å². The molecule has 2 aromatic carbocycles. The number of hydrogen-bond donors (Lipinski definition) is 0. The predicted molar refractivity (Wildman–Crippen MR) is 130 cm³/mol. The maximum Gasteiger partial charge on any atom is 0.256 e. The van der Waals surface area contributed by atoms with Crippen molar-refractivity contribution >= 4 is 11.8 Å². The Labute approximate surface area is 201 Å². The number of hydrogen-bond acceptors (Lipinski definition) is 4. The van der Waals surface area contributed by atoms with Crippen molar-refractivity contribution in [2.24, 2.45) is 0 Å². The van der Waals surface area contributed by atoms with Crippen molar-refractivity contribution < 1.29 is 19.1 Å². The molecule has 2 heterocycles. The van der Waals surface area contributed by atoms with Gasteiger partial charge >= 0.3 is 0 Å². The summed E-state index contributed by atoms with van der Waals surface area (Å²) in [6.07, 6.45) is 6.57. The molecular formula is C28H34N2O4. The van der Waals surface area contributed by atoms with E-state index in [2.05, 4.69) is 18.2 Å². The predicted octanol–water partition coefficient (Wildman–Crippen LogP) is 3.65. The summed E-state index contributed by atoms with van der Waals surface area (Å²) in [6, 6.07) is 14.2. The lowest BCUT2D eigenvalue weighted by atomic mass is 9.90. The first-order valence-electron chi connectivity index (χ1n) is 12.6. The number of rotatable bonds is 1. The fourth-order valence-electron chi connectivity index (χ4n) is 5.55. The minimum absolute atomic E-state index is 0.00351. The average Bonchev–Trinajstić information content (AvgIpc) is 3.34. The third kappa shape index (κ3) is 4.56. The molecule has 2 aromatic rings. The maximum absolute atomic E-state index is 13.6. The van der Waals surface area contributed by atoms with Gasteiger partial charge in [0.05, 0.1) is 19.7 Å². The van der Waals surface area contributed by atoms with Gasteiger partial charge < -0.3 is 19.3 Å². The van der Waals surface area contributed by atoms with Crippen LogP contribution in [0.3, 0.4) is 0 Å². The Morgan fingerprint density at radius 1 is 0.912 bits per heavy atom. The Balaban J connectivity index is 1.35. The molecule has 1 fully saturated rings. The fourth-order valence-corrected chi connectivity index (χ4v) is 5.55. The first-order chi connectivity index (χ1) is 16.6. The molecule has 0 radical (unpaired) electrons. The molecule has 0 N–H and O–H groups in total. The zero-order valence-corrected chi connectivity index (χ0v) is 20.1. The average molecular weight is 463 g/mol. The molecule has 0 aromatic heterocycles. The van der Waals surface area contributed by atoms with E-state index in [9.17, 15) is 9.59 Å². The zero-order chi connectivity index (χ0) is 23.5. The Morgan fingerprint density at radius 3 is 2.65 bits per heavy atom. The second-order valence-corrected chi connectivity index (χ2v) is 9.80. The zero-order valence-electron chi connectivity index (χ0n) is 20.1. The molecule has 1 spiro atoms. The minimum Gasteiger partial charge on any atom is -0.491 e. The van der Waals surface area contributed by atoms with Gasteiger partial charge in [0.25, 0.3) is 11.8 Å². The molecule has 0 saturated carbocycles. The molecule has 34 heavy (non-hydrogen) atoms. The third-order valence-corrected chi connectivity index (χ3v) is 7.49. The van der Waals surface area contributed by atoms with Crippen LogP contribution in [-0.2, 0) is 28.8 Å². The van der Waals surface area contributed by atoms with Gasteiger partial charge in [-0.3, -0.25) is 9.59 Å². The quantitative estimate of drug-likeness (QED) is 0.649. The molecule has 180 valence electrons. The summed E-state index contributed by atoms with van der Waals surface area (Å²) >= 11 is 0. The molecule has 5 rings (SSSR count). The van der Waals surface area contributed by atoms with Crippen LogP contribution in [-0.4, -0.2) is 67.1 Å². The van der Waals surface area contributed by atoms with Gasteiger partial charge in [-0.25, -0.2) is 0 Å². The Bertz CT molecular complexity index is 1070. The molecule has 6 nitrogen and oxygen atoms in total. The van der Waals surface area contributed by atoms with Gasteiger partial charge in [-0.15, -0.1) is 0 Å². The maximum atomic E-state index is 13.6. The van der Waals surface area contributed by atoms with E-state index >= 15 is 0 Å². The standard InChI is InChI=1S/C28H34N2O4/c1-29-15-17-33-25-11-3-2-7-22(25)8-4-5-14-28(27(29)32)20-30(16-18-34-28)26(31)24-13-12-21-9-6-10-23(21)19-24/h2-3,7,11-13,19H,4-6,8-10,14-18,20H2,1H3. The number of carbonyl (C=O) groups excluding carboxylic acids is 2.